The zero-order valence-electron chi connectivity index (χ0n) is 8.52. The van der Waals surface area contributed by atoms with Crippen LogP contribution < -0.4 is 5.73 Å². The molecule has 78 valence electrons. The number of aromatic nitrogens is 1. The lowest BCUT2D eigenvalue weighted by molar-refractivity contribution is 0.244. The third-order valence-corrected chi connectivity index (χ3v) is 3.42. The molecule has 1 aromatic heterocycles. The van der Waals surface area contributed by atoms with Gasteiger partial charge in [0.25, 0.3) is 0 Å². The van der Waals surface area contributed by atoms with Gasteiger partial charge in [-0.2, -0.15) is 0 Å². The van der Waals surface area contributed by atoms with Crippen LogP contribution in [0.15, 0.2) is 10.9 Å². The molecule has 14 heavy (non-hydrogen) atoms. The standard InChI is InChI=1S/C10H17N3S/c1-2-4-13-5-3-8(11)10(13)9-6-14-7-12-9/h6-8,10H,2-5,11H2,1H3. The van der Waals surface area contributed by atoms with Gasteiger partial charge in [0.2, 0.25) is 0 Å². The van der Waals surface area contributed by atoms with Crippen molar-refractivity contribution in [3.8, 4) is 0 Å². The second kappa shape index (κ2) is 4.38. The summed E-state index contributed by atoms with van der Waals surface area (Å²) in [6.07, 6.45) is 2.29. The van der Waals surface area contributed by atoms with E-state index in [4.69, 9.17) is 5.73 Å². The summed E-state index contributed by atoms with van der Waals surface area (Å²) in [6.45, 7) is 4.47. The lowest BCUT2D eigenvalue weighted by Gasteiger charge is -2.24. The third kappa shape index (κ3) is 1.82. The number of hydrogen-bond acceptors (Lipinski definition) is 4. The quantitative estimate of drug-likeness (QED) is 0.826. The Morgan fingerprint density at radius 2 is 2.57 bits per heavy atom. The van der Waals surface area contributed by atoms with Crippen LogP contribution in [0.2, 0.25) is 0 Å². The molecular weight excluding hydrogens is 194 g/mol. The molecule has 1 aliphatic heterocycles. The molecule has 2 heterocycles. The van der Waals surface area contributed by atoms with Crippen molar-refractivity contribution in [3.63, 3.8) is 0 Å². The van der Waals surface area contributed by atoms with Crippen LogP contribution in [0, 0.1) is 0 Å². The van der Waals surface area contributed by atoms with Crippen molar-refractivity contribution in [3.05, 3.63) is 16.6 Å². The second-order valence-corrected chi connectivity index (χ2v) is 4.57. The molecule has 2 unspecified atom stereocenters. The molecule has 2 rings (SSSR count). The van der Waals surface area contributed by atoms with Crippen molar-refractivity contribution in [2.24, 2.45) is 5.73 Å². The molecule has 4 heteroatoms. The van der Waals surface area contributed by atoms with E-state index in [2.05, 4.69) is 22.2 Å². The fraction of sp³-hybridized carbons (Fsp3) is 0.700. The average Bonchev–Trinajstić information content (AvgIpc) is 2.76. The van der Waals surface area contributed by atoms with Gasteiger partial charge in [-0.25, -0.2) is 4.98 Å². The van der Waals surface area contributed by atoms with E-state index in [1.807, 2.05) is 5.51 Å². The molecule has 0 radical (unpaired) electrons. The SMILES string of the molecule is CCCN1CCC(N)C1c1cscn1. The number of nitrogens with zero attached hydrogens (tertiary/aromatic N) is 2. The molecule has 2 N–H and O–H groups in total. The Morgan fingerprint density at radius 1 is 1.71 bits per heavy atom. The maximum absolute atomic E-state index is 6.11. The Labute approximate surface area is 88.9 Å². The molecule has 2 atom stereocenters. The summed E-state index contributed by atoms with van der Waals surface area (Å²) >= 11 is 1.66. The first-order chi connectivity index (χ1) is 6.83. The van der Waals surface area contributed by atoms with Gasteiger partial charge in [0, 0.05) is 18.0 Å². The van der Waals surface area contributed by atoms with Gasteiger partial charge < -0.3 is 5.73 Å². The highest BCUT2D eigenvalue weighted by Crippen LogP contribution is 2.30. The van der Waals surface area contributed by atoms with Crippen LogP contribution in [-0.2, 0) is 0 Å². The molecule has 0 bridgehead atoms. The lowest BCUT2D eigenvalue weighted by atomic mass is 10.1. The van der Waals surface area contributed by atoms with E-state index < -0.39 is 0 Å². The Bertz CT molecular complexity index is 271. The van der Waals surface area contributed by atoms with Crippen LogP contribution in [0.5, 0.6) is 0 Å². The number of thiazole rings is 1. The smallest absolute Gasteiger partial charge is 0.0795 e. The molecular formula is C10H17N3S. The predicted molar refractivity (Wildman–Crippen MR) is 59.3 cm³/mol. The maximum Gasteiger partial charge on any atom is 0.0795 e. The zero-order chi connectivity index (χ0) is 9.97. The van der Waals surface area contributed by atoms with Crippen molar-refractivity contribution in [1.82, 2.24) is 9.88 Å². The average molecular weight is 211 g/mol. The van der Waals surface area contributed by atoms with Gasteiger partial charge in [-0.15, -0.1) is 11.3 Å². The molecule has 0 aromatic carbocycles. The van der Waals surface area contributed by atoms with Crippen LogP contribution in [0.1, 0.15) is 31.5 Å². The van der Waals surface area contributed by atoms with Gasteiger partial charge in [-0.3, -0.25) is 4.90 Å². The molecule has 1 aromatic rings. The van der Waals surface area contributed by atoms with E-state index in [0.29, 0.717) is 6.04 Å². The minimum absolute atomic E-state index is 0.267. The fourth-order valence-electron chi connectivity index (χ4n) is 2.20. The number of hydrogen-bond donors (Lipinski definition) is 1. The Balaban J connectivity index is 2.13. The van der Waals surface area contributed by atoms with Crippen LogP contribution in [0.3, 0.4) is 0 Å². The van der Waals surface area contributed by atoms with Crippen LogP contribution in [0.4, 0.5) is 0 Å². The van der Waals surface area contributed by atoms with Crippen LogP contribution >= 0.6 is 11.3 Å². The van der Waals surface area contributed by atoms with E-state index in [1.165, 1.54) is 6.42 Å². The molecule has 0 aliphatic carbocycles. The van der Waals surface area contributed by atoms with Crippen molar-refractivity contribution in [2.75, 3.05) is 13.1 Å². The van der Waals surface area contributed by atoms with Gasteiger partial charge in [0.15, 0.2) is 0 Å². The Kier molecular flexibility index (Phi) is 3.15. The number of rotatable bonds is 3. The summed E-state index contributed by atoms with van der Waals surface area (Å²) in [5, 5.41) is 2.12. The molecule has 1 saturated heterocycles. The summed E-state index contributed by atoms with van der Waals surface area (Å²) in [4.78, 5) is 6.84. The minimum atomic E-state index is 0.267. The first-order valence-corrected chi connectivity index (χ1v) is 6.15. The van der Waals surface area contributed by atoms with Crippen LogP contribution in [0.25, 0.3) is 0 Å². The number of likely N-dealkylation sites (tertiary alicyclic amines) is 1. The topological polar surface area (TPSA) is 42.1 Å². The highest BCUT2D eigenvalue weighted by atomic mass is 32.1. The highest BCUT2D eigenvalue weighted by Gasteiger charge is 2.33. The molecule has 0 saturated carbocycles. The van der Waals surface area contributed by atoms with Crippen molar-refractivity contribution >= 4 is 11.3 Å². The molecule has 0 amide bonds. The van der Waals surface area contributed by atoms with Gasteiger partial charge in [0.1, 0.15) is 0 Å². The molecule has 1 fully saturated rings. The van der Waals surface area contributed by atoms with Gasteiger partial charge in [-0.05, 0) is 19.4 Å². The van der Waals surface area contributed by atoms with Gasteiger partial charge >= 0.3 is 0 Å². The molecule has 3 nitrogen and oxygen atoms in total. The monoisotopic (exact) mass is 211 g/mol. The number of nitrogens with two attached hydrogens (primary N) is 1. The summed E-state index contributed by atoms with van der Waals surface area (Å²) in [7, 11) is 0. The summed E-state index contributed by atoms with van der Waals surface area (Å²) in [6, 6.07) is 0.629. The Hall–Kier alpha value is -0.450. The summed E-state index contributed by atoms with van der Waals surface area (Å²) in [5.74, 6) is 0. The van der Waals surface area contributed by atoms with E-state index >= 15 is 0 Å². The van der Waals surface area contributed by atoms with Gasteiger partial charge in [-0.1, -0.05) is 6.92 Å². The normalized spacial score (nSPS) is 28.4. The molecule has 1 aliphatic rings. The van der Waals surface area contributed by atoms with Crippen molar-refractivity contribution in [2.45, 2.75) is 31.8 Å². The fourth-order valence-corrected chi connectivity index (χ4v) is 2.78. The van der Waals surface area contributed by atoms with Crippen molar-refractivity contribution in [1.29, 1.82) is 0 Å². The first kappa shape index (κ1) is 10.1. The van der Waals surface area contributed by atoms with E-state index in [9.17, 15) is 0 Å². The predicted octanol–water partition coefficient (Wildman–Crippen LogP) is 1.63. The summed E-state index contributed by atoms with van der Waals surface area (Å²) in [5.41, 5.74) is 9.17. The lowest BCUT2D eigenvalue weighted by Crippen LogP contribution is -2.32. The van der Waals surface area contributed by atoms with Crippen LogP contribution in [-0.4, -0.2) is 29.0 Å². The maximum atomic E-state index is 6.11. The van der Waals surface area contributed by atoms with E-state index in [0.717, 1.165) is 25.2 Å². The zero-order valence-corrected chi connectivity index (χ0v) is 9.33. The van der Waals surface area contributed by atoms with Gasteiger partial charge in [0.05, 0.1) is 17.2 Å². The van der Waals surface area contributed by atoms with Crippen molar-refractivity contribution < 1.29 is 0 Å². The largest absolute Gasteiger partial charge is 0.326 e. The van der Waals surface area contributed by atoms with E-state index in [-0.39, 0.29) is 6.04 Å². The third-order valence-electron chi connectivity index (χ3n) is 2.81. The Morgan fingerprint density at radius 3 is 3.21 bits per heavy atom. The highest BCUT2D eigenvalue weighted by molar-refractivity contribution is 7.07. The van der Waals surface area contributed by atoms with E-state index in [1.54, 1.807) is 11.3 Å². The minimum Gasteiger partial charge on any atom is -0.326 e. The second-order valence-electron chi connectivity index (χ2n) is 3.85. The first-order valence-electron chi connectivity index (χ1n) is 5.20. The molecule has 0 spiro atoms. The summed E-state index contributed by atoms with van der Waals surface area (Å²) < 4.78 is 0.